The second-order valence-electron chi connectivity index (χ2n) is 5.87. The molecule has 0 aromatic rings. The van der Waals surface area contributed by atoms with Crippen LogP contribution in [-0.4, -0.2) is 44.5 Å². The largest absolute Gasteiger partial charge is 0.353 e. The lowest BCUT2D eigenvalue weighted by Crippen LogP contribution is -2.48. The van der Waals surface area contributed by atoms with Crippen LogP contribution in [0.3, 0.4) is 0 Å². The Morgan fingerprint density at radius 1 is 0.947 bits per heavy atom. The zero-order chi connectivity index (χ0) is 13.6. The van der Waals surface area contributed by atoms with Gasteiger partial charge < -0.3 is 24.7 Å². The minimum atomic E-state index is -0.498. The Hall–Kier alpha value is -0.200. The molecule has 0 amide bonds. The lowest BCUT2D eigenvalue weighted by atomic mass is 10.1. The molecule has 0 aliphatic carbocycles. The van der Waals surface area contributed by atoms with Crippen LogP contribution < -0.4 is 5.73 Å². The van der Waals surface area contributed by atoms with E-state index in [-0.39, 0.29) is 12.6 Å². The fourth-order valence-electron chi connectivity index (χ4n) is 2.29. The molecule has 5 nitrogen and oxygen atoms in total. The Morgan fingerprint density at radius 2 is 1.42 bits per heavy atom. The number of hydrogen-bond acceptors (Lipinski definition) is 5. The van der Waals surface area contributed by atoms with Gasteiger partial charge in [-0.05, 0) is 45.4 Å². The molecule has 0 spiro atoms. The molecule has 0 saturated carbocycles. The maximum Gasteiger partial charge on any atom is 0.157 e. The fraction of sp³-hybridized carbons (Fsp3) is 1.00. The van der Waals surface area contributed by atoms with Crippen molar-refractivity contribution < 1.29 is 18.9 Å². The van der Waals surface area contributed by atoms with Crippen molar-refractivity contribution in [2.75, 3.05) is 26.4 Å². The summed E-state index contributed by atoms with van der Waals surface area (Å²) in [6, 6.07) is 0. The average Bonchev–Trinajstić information content (AvgIpc) is 2.46. The van der Waals surface area contributed by atoms with Gasteiger partial charge in [0.25, 0.3) is 0 Å². The second-order valence-corrected chi connectivity index (χ2v) is 5.87. The van der Waals surface area contributed by atoms with Crippen molar-refractivity contribution >= 4 is 0 Å². The van der Waals surface area contributed by atoms with Gasteiger partial charge in [0.1, 0.15) is 0 Å². The summed E-state index contributed by atoms with van der Waals surface area (Å²) in [4.78, 5) is 0. The summed E-state index contributed by atoms with van der Waals surface area (Å²) in [5.41, 5.74) is 5.69. The molecule has 2 fully saturated rings. The zero-order valence-electron chi connectivity index (χ0n) is 11.9. The number of hydrogen-bond donors (Lipinski definition) is 1. The van der Waals surface area contributed by atoms with Crippen LogP contribution in [0.4, 0.5) is 0 Å². The van der Waals surface area contributed by atoms with Crippen LogP contribution in [0.15, 0.2) is 0 Å². The predicted molar refractivity (Wildman–Crippen MR) is 71.7 cm³/mol. The predicted octanol–water partition coefficient (Wildman–Crippen LogP) is 1.79. The van der Waals surface area contributed by atoms with Crippen molar-refractivity contribution in [1.29, 1.82) is 0 Å². The summed E-state index contributed by atoms with van der Waals surface area (Å²) in [7, 11) is 0. The van der Waals surface area contributed by atoms with E-state index in [4.69, 9.17) is 24.7 Å². The normalized spacial score (nSPS) is 31.9. The summed E-state index contributed by atoms with van der Waals surface area (Å²) in [5.74, 6) is 0. The average molecular weight is 273 g/mol. The standard InChI is InChI=1S/C14H27NO4/c1-14(15,10-18-12-6-2-4-8-16-12)11-19-13-7-3-5-9-17-13/h12-13H,2-11,15H2,1H3. The van der Waals surface area contributed by atoms with E-state index in [0.29, 0.717) is 13.2 Å². The first-order chi connectivity index (χ1) is 9.16. The van der Waals surface area contributed by atoms with Crippen LogP contribution in [-0.2, 0) is 18.9 Å². The van der Waals surface area contributed by atoms with Gasteiger partial charge in [-0.2, -0.15) is 0 Å². The Morgan fingerprint density at radius 3 is 1.79 bits per heavy atom. The molecule has 2 saturated heterocycles. The highest BCUT2D eigenvalue weighted by atomic mass is 16.7. The number of ether oxygens (including phenoxy) is 4. The molecule has 2 heterocycles. The van der Waals surface area contributed by atoms with Gasteiger partial charge in [0.05, 0.1) is 18.8 Å². The third-order valence-electron chi connectivity index (χ3n) is 3.47. The van der Waals surface area contributed by atoms with Crippen LogP contribution in [0.1, 0.15) is 45.4 Å². The second kappa shape index (κ2) is 7.55. The van der Waals surface area contributed by atoms with Crippen LogP contribution >= 0.6 is 0 Å². The lowest BCUT2D eigenvalue weighted by Gasteiger charge is -2.31. The summed E-state index contributed by atoms with van der Waals surface area (Å²) < 4.78 is 22.5. The van der Waals surface area contributed by atoms with Crippen molar-refractivity contribution in [3.8, 4) is 0 Å². The summed E-state index contributed by atoms with van der Waals surface area (Å²) in [6.45, 7) is 4.42. The van der Waals surface area contributed by atoms with Gasteiger partial charge in [-0.15, -0.1) is 0 Å². The highest BCUT2D eigenvalue weighted by Crippen LogP contribution is 2.17. The fourth-order valence-corrected chi connectivity index (χ4v) is 2.29. The Kier molecular flexibility index (Phi) is 6.04. The van der Waals surface area contributed by atoms with E-state index in [9.17, 15) is 0 Å². The van der Waals surface area contributed by atoms with E-state index in [1.807, 2.05) is 6.92 Å². The minimum absolute atomic E-state index is 0.0949. The van der Waals surface area contributed by atoms with E-state index in [1.54, 1.807) is 0 Å². The summed E-state index contributed by atoms with van der Waals surface area (Å²) >= 11 is 0. The van der Waals surface area contributed by atoms with Crippen molar-refractivity contribution in [3.05, 3.63) is 0 Å². The summed E-state index contributed by atoms with van der Waals surface area (Å²) in [6.07, 6.45) is 6.32. The highest BCUT2D eigenvalue weighted by molar-refractivity contribution is 4.78. The molecule has 0 aromatic carbocycles. The number of rotatable bonds is 6. The zero-order valence-corrected chi connectivity index (χ0v) is 11.9. The highest BCUT2D eigenvalue weighted by Gasteiger charge is 2.25. The molecular weight excluding hydrogens is 246 g/mol. The number of nitrogens with two attached hydrogens (primary N) is 1. The minimum Gasteiger partial charge on any atom is -0.353 e. The lowest BCUT2D eigenvalue weighted by molar-refractivity contribution is -0.192. The van der Waals surface area contributed by atoms with Gasteiger partial charge >= 0.3 is 0 Å². The third kappa shape index (κ3) is 5.75. The molecule has 19 heavy (non-hydrogen) atoms. The topological polar surface area (TPSA) is 62.9 Å². The van der Waals surface area contributed by atoms with E-state index in [2.05, 4.69) is 0 Å². The van der Waals surface area contributed by atoms with Gasteiger partial charge in [-0.25, -0.2) is 0 Å². The molecular formula is C14H27NO4. The van der Waals surface area contributed by atoms with Crippen molar-refractivity contribution in [1.82, 2.24) is 0 Å². The molecule has 0 aromatic heterocycles. The first-order valence-electron chi connectivity index (χ1n) is 7.41. The van der Waals surface area contributed by atoms with Gasteiger partial charge in [-0.3, -0.25) is 0 Å². The molecule has 2 aliphatic rings. The molecule has 2 atom stereocenters. The van der Waals surface area contributed by atoms with E-state index in [0.717, 1.165) is 38.9 Å². The molecule has 0 bridgehead atoms. The molecule has 2 rings (SSSR count). The summed E-state index contributed by atoms with van der Waals surface area (Å²) in [5, 5.41) is 0. The van der Waals surface area contributed by atoms with E-state index >= 15 is 0 Å². The van der Waals surface area contributed by atoms with Gasteiger partial charge in [0, 0.05) is 13.2 Å². The Labute approximate surface area is 115 Å². The van der Waals surface area contributed by atoms with Crippen LogP contribution in [0.2, 0.25) is 0 Å². The first kappa shape index (κ1) is 15.2. The molecule has 2 aliphatic heterocycles. The van der Waals surface area contributed by atoms with Crippen LogP contribution in [0, 0.1) is 0 Å². The Bertz CT molecular complexity index is 224. The molecule has 5 heteroatoms. The van der Waals surface area contributed by atoms with Gasteiger partial charge in [0.15, 0.2) is 12.6 Å². The monoisotopic (exact) mass is 273 g/mol. The quantitative estimate of drug-likeness (QED) is 0.799. The van der Waals surface area contributed by atoms with Crippen LogP contribution in [0.5, 0.6) is 0 Å². The SMILES string of the molecule is CC(N)(COC1CCCCO1)COC1CCCCO1. The first-order valence-corrected chi connectivity index (χ1v) is 7.41. The van der Waals surface area contributed by atoms with Crippen molar-refractivity contribution in [2.24, 2.45) is 5.73 Å². The molecule has 0 radical (unpaired) electrons. The van der Waals surface area contributed by atoms with Gasteiger partial charge in [-0.1, -0.05) is 0 Å². The smallest absolute Gasteiger partial charge is 0.157 e. The van der Waals surface area contributed by atoms with Crippen molar-refractivity contribution in [3.63, 3.8) is 0 Å². The maximum atomic E-state index is 6.19. The molecule has 2 unspecified atom stereocenters. The third-order valence-corrected chi connectivity index (χ3v) is 3.47. The van der Waals surface area contributed by atoms with Crippen molar-refractivity contribution in [2.45, 2.75) is 63.6 Å². The molecule has 112 valence electrons. The van der Waals surface area contributed by atoms with E-state index in [1.165, 1.54) is 12.8 Å². The maximum absolute atomic E-state index is 6.19. The molecule has 2 N–H and O–H groups in total. The van der Waals surface area contributed by atoms with E-state index < -0.39 is 5.54 Å². The van der Waals surface area contributed by atoms with Gasteiger partial charge in [0.2, 0.25) is 0 Å². The Balaban J connectivity index is 1.62. The van der Waals surface area contributed by atoms with Crippen LogP contribution in [0.25, 0.3) is 0 Å².